The molecule has 9 heteroatoms. The van der Waals surface area contributed by atoms with Gasteiger partial charge in [-0.15, -0.1) is 0 Å². The van der Waals surface area contributed by atoms with Gasteiger partial charge in [0.25, 0.3) is 11.8 Å². The summed E-state index contributed by atoms with van der Waals surface area (Å²) in [6, 6.07) is 22.5. The number of carbonyl (C=O) groups is 3. The Bertz CT molecular complexity index is 1550. The first-order valence-electron chi connectivity index (χ1n) is 12.0. The van der Waals surface area contributed by atoms with Gasteiger partial charge in [0.1, 0.15) is 5.69 Å². The summed E-state index contributed by atoms with van der Waals surface area (Å²) < 4.78 is 7.11. The number of para-hydroxylation sites is 1. The van der Waals surface area contributed by atoms with Crippen LogP contribution in [0.25, 0.3) is 0 Å². The number of amides is 2. The molecule has 192 valence electrons. The summed E-state index contributed by atoms with van der Waals surface area (Å²) in [5.41, 5.74) is 4.21. The highest BCUT2D eigenvalue weighted by molar-refractivity contribution is 6.37. The van der Waals surface area contributed by atoms with Crippen LogP contribution in [0.5, 0.6) is 0 Å². The Hall–Kier alpha value is -4.07. The van der Waals surface area contributed by atoms with Crippen LogP contribution < -0.4 is 10.2 Å². The van der Waals surface area contributed by atoms with E-state index in [1.165, 1.54) is 6.07 Å². The molecule has 5 rings (SSSR count). The summed E-state index contributed by atoms with van der Waals surface area (Å²) in [4.78, 5) is 40.6. The van der Waals surface area contributed by atoms with Crippen LogP contribution in [0.2, 0.25) is 10.0 Å². The minimum Gasteiger partial charge on any atom is -0.461 e. The van der Waals surface area contributed by atoms with Crippen molar-refractivity contribution in [3.05, 3.63) is 117 Å². The Morgan fingerprint density at radius 3 is 2.42 bits per heavy atom. The normalized spacial score (nSPS) is 12.2. The first-order chi connectivity index (χ1) is 18.4. The molecule has 0 saturated carbocycles. The predicted octanol–water partition coefficient (Wildman–Crippen LogP) is 6.43. The molecule has 0 radical (unpaired) electrons. The fraction of sp³-hybridized carbons (Fsp3) is 0.138. The van der Waals surface area contributed by atoms with Crippen molar-refractivity contribution in [2.75, 3.05) is 16.8 Å². The predicted molar refractivity (Wildman–Crippen MR) is 147 cm³/mol. The molecule has 0 fully saturated rings. The molecule has 0 saturated heterocycles. The lowest BCUT2D eigenvalue weighted by Crippen LogP contribution is -2.30. The maximum Gasteiger partial charge on any atom is 0.354 e. The van der Waals surface area contributed by atoms with E-state index < -0.39 is 5.97 Å². The summed E-state index contributed by atoms with van der Waals surface area (Å²) in [6.45, 7) is 2.77. The van der Waals surface area contributed by atoms with Crippen molar-refractivity contribution < 1.29 is 19.1 Å². The van der Waals surface area contributed by atoms with Gasteiger partial charge in [0.15, 0.2) is 0 Å². The van der Waals surface area contributed by atoms with Crippen molar-refractivity contribution in [3.63, 3.8) is 0 Å². The van der Waals surface area contributed by atoms with Gasteiger partial charge in [0.2, 0.25) is 0 Å². The number of benzene rings is 3. The van der Waals surface area contributed by atoms with Gasteiger partial charge in [-0.25, -0.2) is 4.79 Å². The number of carbonyl (C=O) groups excluding carboxylic acids is 3. The van der Waals surface area contributed by atoms with Crippen LogP contribution in [0.4, 0.5) is 11.4 Å². The lowest BCUT2D eigenvalue weighted by molar-refractivity contribution is 0.0514. The van der Waals surface area contributed by atoms with Crippen LogP contribution >= 0.6 is 23.2 Å². The van der Waals surface area contributed by atoms with E-state index in [1.807, 2.05) is 34.9 Å². The van der Waals surface area contributed by atoms with Crippen LogP contribution in [-0.4, -0.2) is 29.0 Å². The van der Waals surface area contributed by atoms with Crippen molar-refractivity contribution >= 4 is 52.4 Å². The van der Waals surface area contributed by atoms with Crippen LogP contribution in [0.1, 0.15) is 49.4 Å². The SMILES string of the molecule is CCOC(=O)c1ccc2n1Cc1ccccc1N(C(=O)c1ccc(NC(=O)c3ccc(Cl)cc3Cl)cc1)C2. The van der Waals surface area contributed by atoms with E-state index >= 15 is 0 Å². The maximum atomic E-state index is 13.7. The highest BCUT2D eigenvalue weighted by Gasteiger charge is 2.27. The molecule has 0 spiro atoms. The number of nitrogens with one attached hydrogen (secondary N) is 1. The fourth-order valence-electron chi connectivity index (χ4n) is 4.45. The van der Waals surface area contributed by atoms with Crippen molar-refractivity contribution in [1.82, 2.24) is 4.57 Å². The van der Waals surface area contributed by atoms with E-state index in [1.54, 1.807) is 54.3 Å². The Morgan fingerprint density at radius 2 is 1.68 bits per heavy atom. The first kappa shape index (κ1) is 25.6. The average molecular weight is 548 g/mol. The van der Waals surface area contributed by atoms with E-state index in [2.05, 4.69) is 5.32 Å². The smallest absolute Gasteiger partial charge is 0.354 e. The number of hydrogen-bond acceptors (Lipinski definition) is 4. The Labute approximate surface area is 229 Å². The quantitative estimate of drug-likeness (QED) is 0.292. The monoisotopic (exact) mass is 547 g/mol. The van der Waals surface area contributed by atoms with Gasteiger partial charge in [0.05, 0.1) is 30.3 Å². The second-order valence-electron chi connectivity index (χ2n) is 8.69. The molecule has 3 aromatic carbocycles. The standard InChI is InChI=1S/C29H23Cl2N3O4/c1-2-38-29(37)26-14-12-22-17-34(25-6-4-3-5-19(25)16-33(22)26)28(36)18-7-10-21(11-8-18)32-27(35)23-13-9-20(30)15-24(23)31/h3-15H,2,16-17H2,1H3,(H,32,35). The van der Waals surface area contributed by atoms with Crippen molar-refractivity contribution in [1.29, 1.82) is 0 Å². The van der Waals surface area contributed by atoms with Crippen molar-refractivity contribution in [3.8, 4) is 0 Å². The van der Waals surface area contributed by atoms with Gasteiger partial charge in [-0.1, -0.05) is 41.4 Å². The van der Waals surface area contributed by atoms with Crippen LogP contribution in [0.3, 0.4) is 0 Å². The first-order valence-corrected chi connectivity index (χ1v) is 12.7. The molecule has 0 unspecified atom stereocenters. The average Bonchev–Trinajstić information content (AvgIpc) is 3.22. The van der Waals surface area contributed by atoms with Crippen LogP contribution in [-0.2, 0) is 17.8 Å². The van der Waals surface area contributed by atoms with E-state index in [0.717, 1.165) is 16.9 Å². The number of esters is 1. The minimum absolute atomic E-state index is 0.205. The molecule has 1 aromatic heterocycles. The molecule has 1 N–H and O–H groups in total. The molecule has 0 atom stereocenters. The van der Waals surface area contributed by atoms with Crippen molar-refractivity contribution in [2.24, 2.45) is 0 Å². The molecular weight excluding hydrogens is 525 g/mol. The zero-order valence-electron chi connectivity index (χ0n) is 20.4. The third-order valence-electron chi connectivity index (χ3n) is 6.30. The Morgan fingerprint density at radius 1 is 0.921 bits per heavy atom. The summed E-state index contributed by atoms with van der Waals surface area (Å²) in [7, 11) is 0. The molecule has 4 aromatic rings. The molecule has 1 aliphatic heterocycles. The molecular formula is C29H23Cl2N3O4. The van der Waals surface area contributed by atoms with Crippen LogP contribution in [0, 0.1) is 0 Å². The highest BCUT2D eigenvalue weighted by atomic mass is 35.5. The molecule has 1 aliphatic rings. The van der Waals surface area contributed by atoms with Gasteiger partial charge in [-0.2, -0.15) is 0 Å². The number of rotatable bonds is 5. The molecule has 0 aliphatic carbocycles. The Balaban J connectivity index is 1.40. The third-order valence-corrected chi connectivity index (χ3v) is 6.85. The van der Waals surface area contributed by atoms with Crippen LogP contribution in [0.15, 0.2) is 78.9 Å². The zero-order chi connectivity index (χ0) is 26.8. The zero-order valence-corrected chi connectivity index (χ0v) is 21.9. The molecule has 2 amide bonds. The highest BCUT2D eigenvalue weighted by Crippen LogP contribution is 2.31. The van der Waals surface area contributed by atoms with Gasteiger partial charge < -0.3 is 19.5 Å². The number of ether oxygens (including phenoxy) is 1. The number of hydrogen-bond donors (Lipinski definition) is 1. The molecule has 38 heavy (non-hydrogen) atoms. The lowest BCUT2D eigenvalue weighted by atomic mass is 10.1. The summed E-state index contributed by atoms with van der Waals surface area (Å²) in [5.74, 6) is -0.984. The minimum atomic E-state index is -0.395. The lowest BCUT2D eigenvalue weighted by Gasteiger charge is -2.23. The second kappa shape index (κ2) is 10.7. The largest absolute Gasteiger partial charge is 0.461 e. The fourth-order valence-corrected chi connectivity index (χ4v) is 4.94. The molecule has 0 bridgehead atoms. The van der Waals surface area contributed by atoms with Crippen molar-refractivity contribution in [2.45, 2.75) is 20.0 Å². The van der Waals surface area contributed by atoms with Gasteiger partial charge in [-0.3, -0.25) is 9.59 Å². The number of aromatic nitrogens is 1. The summed E-state index contributed by atoms with van der Waals surface area (Å²) >= 11 is 12.1. The number of anilines is 2. The summed E-state index contributed by atoms with van der Waals surface area (Å²) in [5, 5.41) is 3.47. The summed E-state index contributed by atoms with van der Waals surface area (Å²) in [6.07, 6.45) is 0. The van der Waals surface area contributed by atoms with Gasteiger partial charge in [0, 0.05) is 27.7 Å². The number of fused-ring (bicyclic) bond motifs is 2. The second-order valence-corrected chi connectivity index (χ2v) is 9.54. The van der Waals surface area contributed by atoms with E-state index in [9.17, 15) is 14.4 Å². The third kappa shape index (κ3) is 5.03. The topological polar surface area (TPSA) is 80.6 Å². The Kier molecular flexibility index (Phi) is 7.22. The molecule has 7 nitrogen and oxygen atoms in total. The number of halogens is 2. The van der Waals surface area contributed by atoms with E-state index in [4.69, 9.17) is 27.9 Å². The van der Waals surface area contributed by atoms with E-state index in [-0.39, 0.29) is 30.0 Å². The van der Waals surface area contributed by atoms with Gasteiger partial charge in [-0.05, 0) is 73.2 Å². The maximum absolute atomic E-state index is 13.7. The molecule has 2 heterocycles. The van der Waals surface area contributed by atoms with Gasteiger partial charge >= 0.3 is 5.97 Å². The van der Waals surface area contributed by atoms with E-state index in [0.29, 0.717) is 34.1 Å². The number of nitrogens with zero attached hydrogens (tertiary/aromatic N) is 2.